The van der Waals surface area contributed by atoms with E-state index in [2.05, 4.69) is 6.92 Å². The van der Waals surface area contributed by atoms with Gasteiger partial charge in [-0.05, 0) is 29.7 Å². The Labute approximate surface area is 149 Å². The van der Waals surface area contributed by atoms with E-state index in [-0.39, 0.29) is 11.8 Å². The number of unbranched alkanes of at least 4 members (excludes halogenated alkanes) is 1. The Morgan fingerprint density at radius 2 is 1.64 bits per heavy atom. The second kappa shape index (κ2) is 8.15. The minimum absolute atomic E-state index is 0.0691. The molecule has 0 atom stereocenters. The zero-order valence-electron chi connectivity index (χ0n) is 14.9. The van der Waals surface area contributed by atoms with Gasteiger partial charge in [0, 0.05) is 38.2 Å². The monoisotopic (exact) mass is 338 g/mol. The molecule has 0 saturated carbocycles. The molecule has 2 aromatic carbocycles. The van der Waals surface area contributed by atoms with Gasteiger partial charge in [-0.15, -0.1) is 0 Å². The van der Waals surface area contributed by atoms with Gasteiger partial charge >= 0.3 is 0 Å². The molecule has 4 nitrogen and oxygen atoms in total. The first-order valence-electron chi connectivity index (χ1n) is 9.25. The molecule has 1 aliphatic heterocycles. The summed E-state index contributed by atoms with van der Waals surface area (Å²) in [5.74, 6) is 0.293. The molecule has 2 aromatic rings. The Hall–Kier alpha value is -2.36. The lowest BCUT2D eigenvalue weighted by atomic mass is 10.0. The van der Waals surface area contributed by atoms with Gasteiger partial charge in [-0.3, -0.25) is 9.59 Å². The lowest BCUT2D eigenvalue weighted by Gasteiger charge is -2.23. The number of nitrogens with zero attached hydrogens (tertiary/aromatic N) is 2. The molecule has 4 heteroatoms. The van der Waals surface area contributed by atoms with Crippen molar-refractivity contribution in [1.29, 1.82) is 0 Å². The lowest BCUT2D eigenvalue weighted by molar-refractivity contribution is -0.131. The van der Waals surface area contributed by atoms with Crippen LogP contribution in [-0.2, 0) is 4.79 Å². The van der Waals surface area contributed by atoms with E-state index in [1.165, 1.54) is 0 Å². The number of fused-ring (bicyclic) bond motifs is 1. The summed E-state index contributed by atoms with van der Waals surface area (Å²) in [5.41, 5.74) is 0.754. The Morgan fingerprint density at radius 1 is 0.920 bits per heavy atom. The quantitative estimate of drug-likeness (QED) is 0.853. The van der Waals surface area contributed by atoms with E-state index >= 15 is 0 Å². The summed E-state index contributed by atoms with van der Waals surface area (Å²) >= 11 is 0. The summed E-state index contributed by atoms with van der Waals surface area (Å²) in [6, 6.07) is 13.9. The zero-order chi connectivity index (χ0) is 17.6. The van der Waals surface area contributed by atoms with E-state index in [9.17, 15) is 9.59 Å². The minimum atomic E-state index is 0.0691. The fraction of sp³-hybridized carbons (Fsp3) is 0.429. The number of hydrogen-bond acceptors (Lipinski definition) is 2. The average Bonchev–Trinajstić information content (AvgIpc) is 2.91. The topological polar surface area (TPSA) is 40.6 Å². The first-order chi connectivity index (χ1) is 12.2. The first-order valence-corrected chi connectivity index (χ1v) is 9.25. The number of rotatable bonds is 4. The van der Waals surface area contributed by atoms with Crippen LogP contribution in [0.4, 0.5) is 0 Å². The number of benzene rings is 2. The van der Waals surface area contributed by atoms with E-state index in [1.807, 2.05) is 52.3 Å². The van der Waals surface area contributed by atoms with Gasteiger partial charge in [0.2, 0.25) is 5.91 Å². The Kier molecular flexibility index (Phi) is 5.69. The molecule has 0 spiro atoms. The molecule has 0 unspecified atom stereocenters. The lowest BCUT2D eigenvalue weighted by Crippen LogP contribution is -2.37. The number of amides is 2. The maximum atomic E-state index is 13.0. The molecule has 1 saturated heterocycles. The van der Waals surface area contributed by atoms with Gasteiger partial charge in [0.25, 0.3) is 5.91 Å². The molecule has 0 N–H and O–H groups in total. The van der Waals surface area contributed by atoms with E-state index in [1.54, 1.807) is 0 Å². The number of carbonyl (C=O) groups is 2. The normalized spacial score (nSPS) is 15.2. The molecule has 0 radical (unpaired) electrons. The molecule has 0 bridgehead atoms. The fourth-order valence-corrected chi connectivity index (χ4v) is 3.44. The standard InChI is InChI=1S/C21H26N2O2/c1-2-3-12-20(24)22-13-7-14-23(16-15-22)21(25)19-11-6-9-17-8-4-5-10-18(17)19/h4-6,8-11H,2-3,7,12-16H2,1H3. The van der Waals surface area contributed by atoms with Crippen molar-refractivity contribution >= 4 is 22.6 Å². The van der Waals surface area contributed by atoms with Gasteiger partial charge in [-0.1, -0.05) is 49.7 Å². The van der Waals surface area contributed by atoms with Crippen molar-refractivity contribution in [3.8, 4) is 0 Å². The predicted octanol–water partition coefficient (Wildman–Crippen LogP) is 3.70. The largest absolute Gasteiger partial charge is 0.341 e. The third-order valence-corrected chi connectivity index (χ3v) is 4.90. The van der Waals surface area contributed by atoms with Crippen LogP contribution in [0.5, 0.6) is 0 Å². The molecule has 0 aromatic heterocycles. The summed E-state index contributed by atoms with van der Waals surface area (Å²) in [6.45, 7) is 4.81. The summed E-state index contributed by atoms with van der Waals surface area (Å²) < 4.78 is 0. The van der Waals surface area contributed by atoms with Crippen LogP contribution in [0.3, 0.4) is 0 Å². The molecule has 132 valence electrons. The van der Waals surface area contributed by atoms with Crippen molar-refractivity contribution in [3.05, 3.63) is 48.0 Å². The van der Waals surface area contributed by atoms with E-state index < -0.39 is 0 Å². The molecule has 0 aliphatic carbocycles. The van der Waals surface area contributed by atoms with Crippen LogP contribution in [-0.4, -0.2) is 47.8 Å². The van der Waals surface area contributed by atoms with Crippen LogP contribution in [0.15, 0.2) is 42.5 Å². The molecule has 1 fully saturated rings. The van der Waals surface area contributed by atoms with Crippen molar-refractivity contribution in [3.63, 3.8) is 0 Å². The van der Waals surface area contributed by atoms with E-state index in [4.69, 9.17) is 0 Å². The summed E-state index contributed by atoms with van der Waals surface area (Å²) in [4.78, 5) is 29.1. The van der Waals surface area contributed by atoms with Crippen molar-refractivity contribution in [2.45, 2.75) is 32.6 Å². The summed E-state index contributed by atoms with van der Waals surface area (Å²) in [5, 5.41) is 2.08. The minimum Gasteiger partial charge on any atom is -0.341 e. The molecule has 2 amide bonds. The second-order valence-corrected chi connectivity index (χ2v) is 6.66. The van der Waals surface area contributed by atoms with Crippen LogP contribution >= 0.6 is 0 Å². The summed E-state index contributed by atoms with van der Waals surface area (Å²) in [7, 11) is 0. The molecular formula is C21H26N2O2. The summed E-state index contributed by atoms with van der Waals surface area (Å²) in [6.07, 6.45) is 3.43. The second-order valence-electron chi connectivity index (χ2n) is 6.66. The highest BCUT2D eigenvalue weighted by Gasteiger charge is 2.23. The maximum Gasteiger partial charge on any atom is 0.254 e. The fourth-order valence-electron chi connectivity index (χ4n) is 3.44. The molecule has 1 heterocycles. The van der Waals surface area contributed by atoms with Gasteiger partial charge in [-0.25, -0.2) is 0 Å². The highest BCUT2D eigenvalue weighted by Crippen LogP contribution is 2.21. The van der Waals surface area contributed by atoms with Gasteiger partial charge < -0.3 is 9.80 Å². The SMILES string of the molecule is CCCCC(=O)N1CCCN(C(=O)c2cccc3ccccc23)CC1. The molecular weight excluding hydrogens is 312 g/mol. The first kappa shape index (κ1) is 17.5. The third kappa shape index (κ3) is 4.01. The van der Waals surface area contributed by atoms with Crippen molar-refractivity contribution in [2.24, 2.45) is 0 Å². The average molecular weight is 338 g/mol. The Morgan fingerprint density at radius 3 is 2.48 bits per heavy atom. The Balaban J connectivity index is 1.72. The van der Waals surface area contributed by atoms with E-state index in [0.717, 1.165) is 42.1 Å². The van der Waals surface area contributed by atoms with Gasteiger partial charge in [-0.2, -0.15) is 0 Å². The van der Waals surface area contributed by atoms with Crippen molar-refractivity contribution < 1.29 is 9.59 Å². The van der Waals surface area contributed by atoms with Crippen LogP contribution in [0.2, 0.25) is 0 Å². The third-order valence-electron chi connectivity index (χ3n) is 4.90. The van der Waals surface area contributed by atoms with Crippen molar-refractivity contribution in [2.75, 3.05) is 26.2 Å². The van der Waals surface area contributed by atoms with Crippen LogP contribution in [0.1, 0.15) is 43.0 Å². The van der Waals surface area contributed by atoms with Crippen LogP contribution in [0.25, 0.3) is 10.8 Å². The highest BCUT2D eigenvalue weighted by molar-refractivity contribution is 6.07. The van der Waals surface area contributed by atoms with Crippen LogP contribution in [0, 0.1) is 0 Å². The smallest absolute Gasteiger partial charge is 0.254 e. The maximum absolute atomic E-state index is 13.0. The highest BCUT2D eigenvalue weighted by atomic mass is 16.2. The number of hydrogen-bond donors (Lipinski definition) is 0. The number of carbonyl (C=O) groups excluding carboxylic acids is 2. The van der Waals surface area contributed by atoms with Gasteiger partial charge in [0.05, 0.1) is 0 Å². The Bertz CT molecular complexity index is 751. The molecule has 1 aliphatic rings. The molecule has 3 rings (SSSR count). The van der Waals surface area contributed by atoms with Crippen LogP contribution < -0.4 is 0 Å². The van der Waals surface area contributed by atoms with Crippen molar-refractivity contribution in [1.82, 2.24) is 9.80 Å². The predicted molar refractivity (Wildman–Crippen MR) is 101 cm³/mol. The van der Waals surface area contributed by atoms with E-state index in [0.29, 0.717) is 26.1 Å². The molecule has 25 heavy (non-hydrogen) atoms. The zero-order valence-corrected chi connectivity index (χ0v) is 14.9. The van der Waals surface area contributed by atoms with Gasteiger partial charge in [0.1, 0.15) is 0 Å². The van der Waals surface area contributed by atoms with Gasteiger partial charge in [0.15, 0.2) is 0 Å².